The van der Waals surface area contributed by atoms with Gasteiger partial charge in [0, 0.05) is 62.8 Å². The van der Waals surface area contributed by atoms with Gasteiger partial charge in [0.1, 0.15) is 23.0 Å². The van der Waals surface area contributed by atoms with Crippen molar-refractivity contribution < 1.29 is 41.7 Å². The molecule has 3 aromatic carbocycles. The van der Waals surface area contributed by atoms with E-state index in [2.05, 4.69) is 15.0 Å². The summed E-state index contributed by atoms with van der Waals surface area (Å²) in [5.41, 5.74) is 9.57. The van der Waals surface area contributed by atoms with Crippen LogP contribution in [0, 0.1) is 3.57 Å². The number of nitrogens with zero attached hydrogens (tertiary/aromatic N) is 5. The Bertz CT molecular complexity index is 1940. The lowest BCUT2D eigenvalue weighted by Crippen LogP contribution is -3.34. The maximum absolute atomic E-state index is 13.6. The summed E-state index contributed by atoms with van der Waals surface area (Å²) in [5.74, 6) is 0.722. The van der Waals surface area contributed by atoms with E-state index in [-0.39, 0.29) is 29.0 Å². The maximum Gasteiger partial charge on any atom is 0.299 e. The van der Waals surface area contributed by atoms with Gasteiger partial charge in [0.05, 0.1) is 23.0 Å². The number of fused-ring (bicyclic) bond motifs is 1. The Morgan fingerprint density at radius 1 is 0.956 bits per heavy atom. The van der Waals surface area contributed by atoms with Crippen molar-refractivity contribution in [2.45, 2.75) is 0 Å². The minimum absolute atomic E-state index is 0.0112. The Labute approximate surface area is 273 Å². The maximum atomic E-state index is 13.6. The van der Waals surface area contributed by atoms with Crippen molar-refractivity contribution in [3.8, 4) is 17.2 Å². The predicted molar refractivity (Wildman–Crippen MR) is 168 cm³/mol. The van der Waals surface area contributed by atoms with Crippen molar-refractivity contribution in [2.24, 2.45) is 0 Å². The van der Waals surface area contributed by atoms with Gasteiger partial charge in [0.2, 0.25) is 9.35 Å². The number of nitrogens with two attached hydrogens (primary N) is 1. The van der Waals surface area contributed by atoms with Gasteiger partial charge in [-0.2, -0.15) is 5.10 Å². The number of hydrogen-bond acceptors (Lipinski definition) is 7. The summed E-state index contributed by atoms with van der Waals surface area (Å²) in [6.07, 6.45) is 1.46. The second kappa shape index (κ2) is 12.4. The summed E-state index contributed by atoms with van der Waals surface area (Å²) < 4.78 is 8.42. The number of anilines is 1. The van der Waals surface area contributed by atoms with E-state index in [4.69, 9.17) is 10.5 Å². The number of ether oxygens (including phenoxy) is 1. The fourth-order valence-electron chi connectivity index (χ4n) is 5.28. The summed E-state index contributed by atoms with van der Waals surface area (Å²) in [6.45, 7) is 3.07. The molecule has 12 heteroatoms. The Morgan fingerprint density at radius 2 is 1.71 bits per heavy atom. The fraction of sp³-hybridized carbons (Fsp3) is 0.212. The van der Waals surface area contributed by atoms with Gasteiger partial charge < -0.3 is 30.2 Å². The number of nitrogen functional groups attached to an aromatic ring is 1. The summed E-state index contributed by atoms with van der Waals surface area (Å²) in [4.78, 5) is 48.0. The molecule has 230 valence electrons. The number of rotatable bonds is 7. The van der Waals surface area contributed by atoms with Gasteiger partial charge in [-0.05, 0) is 55.6 Å². The third-order valence-electron chi connectivity index (χ3n) is 7.86. The number of benzene rings is 3. The molecule has 1 fully saturated rings. The van der Waals surface area contributed by atoms with Crippen molar-refractivity contribution >= 4 is 34.3 Å². The molecule has 1 aliphatic heterocycles. The molecule has 0 saturated carbocycles. The van der Waals surface area contributed by atoms with Gasteiger partial charge >= 0.3 is 0 Å². The average molecular weight is 719 g/mol. The number of aromatic amines is 1. The largest absolute Gasteiger partial charge is 0.456 e. The molecule has 0 aliphatic carbocycles. The number of nitrogens with one attached hydrogen (secondary N) is 1. The molecule has 0 atom stereocenters. The Balaban J connectivity index is 1.21. The summed E-state index contributed by atoms with van der Waals surface area (Å²) >= 11 is 1.80. The molecule has 2 aromatic heterocycles. The van der Waals surface area contributed by atoms with Crippen molar-refractivity contribution in [2.75, 3.05) is 53.1 Å². The minimum Gasteiger partial charge on any atom is -0.456 e. The number of aromatic nitrogens is 3. The number of halogens is 1. The van der Waals surface area contributed by atoms with Crippen molar-refractivity contribution in [1.82, 2.24) is 29.5 Å². The standard InChI is InChI=1S/C33H32IN7O4/c1-38(2)33(44)23-6-4-5-7-29(23)45-22-9-11-28(25(34)18-22)41-31(35)24(19-36-41)30(42)27-17-21-16-20(8-10-26(21)37-27)32(43)40-14-12-39(3)13-15-40/h4-11,16-19,34H,12-15H2,1-3H3,(H2-,35,36,37,42,43)/p+1. The van der Waals surface area contributed by atoms with Crippen LogP contribution in [0.25, 0.3) is 16.6 Å². The quantitative estimate of drug-likeness (QED) is 0.185. The number of carbonyl (C=O) groups is 3. The highest BCUT2D eigenvalue weighted by atomic mass is 127. The molecule has 6 rings (SSSR count). The molecule has 2 amide bonds. The normalized spacial score (nSPS) is 13.6. The molecular weight excluding hydrogens is 685 g/mol. The number of ketones is 1. The van der Waals surface area contributed by atoms with Crippen LogP contribution in [0.1, 0.15) is 36.8 Å². The van der Waals surface area contributed by atoms with Gasteiger partial charge in [0.15, 0.2) is 0 Å². The van der Waals surface area contributed by atoms with Gasteiger partial charge in [-0.3, -0.25) is 14.4 Å². The molecule has 0 spiro atoms. The molecule has 0 bridgehead atoms. The SMILES string of the molecule is CN1CCN(C(=O)c2ccc3[nH]c(C(=O)c4cnn(-c5ccc(Oc6ccccc6C(=O)N(C)C)cc5[IH+])c4N)cc3c2)CC1. The van der Waals surface area contributed by atoms with Crippen LogP contribution in [0.2, 0.25) is 0 Å². The number of likely N-dealkylation sites (N-methyl/N-ethyl adjacent to an activating group) is 1. The average Bonchev–Trinajstić information content (AvgIpc) is 3.64. The van der Waals surface area contributed by atoms with Crippen molar-refractivity contribution in [1.29, 1.82) is 0 Å². The number of hydrogen-bond donors (Lipinski definition) is 2. The molecule has 0 unspecified atom stereocenters. The van der Waals surface area contributed by atoms with E-state index in [0.29, 0.717) is 47.1 Å². The van der Waals surface area contributed by atoms with Gasteiger partial charge in [-0.15, -0.1) is 0 Å². The van der Waals surface area contributed by atoms with E-state index in [0.717, 1.165) is 27.6 Å². The van der Waals surface area contributed by atoms with Crippen LogP contribution in [-0.4, -0.2) is 94.4 Å². The fourth-order valence-corrected chi connectivity index (χ4v) is 6.06. The molecule has 45 heavy (non-hydrogen) atoms. The molecule has 1 saturated heterocycles. The van der Waals surface area contributed by atoms with Crippen LogP contribution in [-0.2, 0) is 0 Å². The summed E-state index contributed by atoms with van der Waals surface area (Å²) in [7, 11) is 5.44. The topological polar surface area (TPSA) is 130 Å². The highest BCUT2D eigenvalue weighted by Crippen LogP contribution is 2.28. The number of H-pyrrole nitrogens is 1. The van der Waals surface area contributed by atoms with Crippen molar-refractivity contribution in [3.05, 3.63) is 98.9 Å². The van der Waals surface area contributed by atoms with Crippen molar-refractivity contribution in [3.63, 3.8) is 0 Å². The van der Waals surface area contributed by atoms with E-state index in [9.17, 15) is 14.4 Å². The second-order valence-corrected chi connectivity index (χ2v) is 12.4. The molecular formula is C33H33IN7O4+. The molecule has 3 heterocycles. The molecule has 1 aliphatic rings. The van der Waals surface area contributed by atoms with E-state index in [1.807, 2.05) is 42.3 Å². The zero-order chi connectivity index (χ0) is 31.8. The first-order valence-corrected chi connectivity index (χ1v) is 15.6. The van der Waals surface area contributed by atoms with Crippen LogP contribution in [0.4, 0.5) is 5.82 Å². The zero-order valence-electron chi connectivity index (χ0n) is 25.1. The smallest absolute Gasteiger partial charge is 0.299 e. The van der Waals surface area contributed by atoms with Crippen LogP contribution < -0.4 is 33.1 Å². The predicted octanol–water partition coefficient (Wildman–Crippen LogP) is 0.504. The third-order valence-corrected chi connectivity index (χ3v) is 8.80. The third kappa shape index (κ3) is 6.02. The minimum atomic E-state index is -0.303. The van der Waals surface area contributed by atoms with Gasteiger partial charge in [-0.25, -0.2) is 4.68 Å². The van der Waals surface area contributed by atoms with E-state index in [1.54, 1.807) is 73.1 Å². The lowest BCUT2D eigenvalue weighted by atomic mass is 10.1. The highest BCUT2D eigenvalue weighted by Gasteiger charge is 2.24. The molecule has 5 aromatic rings. The Kier molecular flexibility index (Phi) is 8.34. The first-order chi connectivity index (χ1) is 21.6. The molecule has 11 nitrogen and oxygen atoms in total. The van der Waals surface area contributed by atoms with Crippen LogP contribution >= 0.6 is 0 Å². The zero-order valence-corrected chi connectivity index (χ0v) is 27.4. The molecule has 0 radical (unpaired) electrons. The first-order valence-electron chi connectivity index (χ1n) is 14.4. The van der Waals surface area contributed by atoms with E-state index in [1.165, 1.54) is 15.8 Å². The first kappa shape index (κ1) is 30.3. The summed E-state index contributed by atoms with van der Waals surface area (Å²) in [6, 6.07) is 19.7. The highest BCUT2D eigenvalue weighted by molar-refractivity contribution is 6.13. The lowest BCUT2D eigenvalue weighted by molar-refractivity contribution is -0.328. The lowest BCUT2D eigenvalue weighted by Gasteiger charge is -2.32. The monoisotopic (exact) mass is 718 g/mol. The van der Waals surface area contributed by atoms with Gasteiger partial charge in [-0.1, -0.05) is 12.1 Å². The second-order valence-electron chi connectivity index (χ2n) is 11.2. The van der Waals surface area contributed by atoms with E-state index < -0.39 is 0 Å². The van der Waals surface area contributed by atoms with Crippen LogP contribution in [0.15, 0.2) is 72.9 Å². The van der Waals surface area contributed by atoms with Gasteiger partial charge in [0.25, 0.3) is 34.4 Å². The molecule has 3 N–H and O–H groups in total. The number of amides is 2. The summed E-state index contributed by atoms with van der Waals surface area (Å²) in [5, 5.41) is 5.19. The number of para-hydroxylation sites is 1. The van der Waals surface area contributed by atoms with E-state index >= 15 is 0 Å². The Hall–Kier alpha value is -4.69. The number of carbonyl (C=O) groups excluding carboxylic acids is 3. The van der Waals surface area contributed by atoms with Crippen LogP contribution in [0.5, 0.6) is 11.5 Å². The Morgan fingerprint density at radius 3 is 2.44 bits per heavy atom. The van der Waals surface area contributed by atoms with Crippen LogP contribution in [0.3, 0.4) is 0 Å². The number of piperazine rings is 1.